The van der Waals surface area contributed by atoms with Crippen molar-refractivity contribution in [1.82, 2.24) is 9.55 Å². The maximum absolute atomic E-state index is 6.63. The van der Waals surface area contributed by atoms with Crippen LogP contribution in [-0.2, 0) is 7.05 Å². The van der Waals surface area contributed by atoms with Crippen molar-refractivity contribution in [2.24, 2.45) is 7.05 Å². The van der Waals surface area contributed by atoms with Crippen molar-refractivity contribution in [2.45, 2.75) is 0 Å². The molecule has 0 radical (unpaired) electrons. The van der Waals surface area contributed by atoms with Crippen LogP contribution in [0.1, 0.15) is 5.56 Å². The summed E-state index contributed by atoms with van der Waals surface area (Å²) in [6, 6.07) is 54.8. The van der Waals surface area contributed by atoms with E-state index < -0.39 is 0 Å². The van der Waals surface area contributed by atoms with Gasteiger partial charge in [-0.05, 0) is 89.0 Å². The Morgan fingerprint density at radius 1 is 0.492 bits per heavy atom. The molecule has 5 heteroatoms. The molecule has 0 aliphatic carbocycles. The predicted octanol–water partition coefficient (Wildman–Crippen LogP) is 14.8. The van der Waals surface area contributed by atoms with Gasteiger partial charge < -0.3 is 18.3 Å². The number of hydrogen-bond donors (Lipinski definition) is 0. The van der Waals surface area contributed by atoms with Crippen molar-refractivity contribution in [3.05, 3.63) is 207 Å². The van der Waals surface area contributed by atoms with Crippen LogP contribution in [0.5, 0.6) is 0 Å². The van der Waals surface area contributed by atoms with E-state index in [1.54, 1.807) is 0 Å². The Hall–Kier alpha value is -7.89. The molecule has 0 bridgehead atoms. The standard InChI is InChI=1S/C41H26N2O2.C13H11N/c1-26-9-7-8-20-43(31-21-30(24-42-25-31)27-10-3-2-4-11-27)36-17-16-33-35-23-29(15-19-39(35)45-41(33)40(26)36)28-14-18-38-34(22-28)32-12-5-6-13-37(32)44-38;1-14-12-8-4-2-6-10(12)11-7-3-5-9-13(11)14/h2-25H,1H2;2-9H,1H3/b9-7-,20-8-;. The Labute approximate surface area is 340 Å². The van der Waals surface area contributed by atoms with Crippen LogP contribution in [0.25, 0.3) is 93.5 Å². The fraction of sp³-hybridized carbons (Fsp3) is 0.0185. The summed E-state index contributed by atoms with van der Waals surface area (Å²) in [5.74, 6) is 0. The number of pyridine rings is 1. The van der Waals surface area contributed by atoms with E-state index in [4.69, 9.17) is 8.83 Å². The molecule has 11 aromatic rings. The zero-order valence-electron chi connectivity index (χ0n) is 32.3. The molecule has 0 unspecified atom stereocenters. The number of anilines is 2. The summed E-state index contributed by atoms with van der Waals surface area (Å²) >= 11 is 0. The normalized spacial score (nSPS) is 13.8. The summed E-state index contributed by atoms with van der Waals surface area (Å²) in [5.41, 5.74) is 14.3. The molecule has 0 atom stereocenters. The minimum Gasteiger partial charge on any atom is -0.456 e. The molecular weight excluding hydrogens is 723 g/mol. The summed E-state index contributed by atoms with van der Waals surface area (Å²) < 4.78 is 14.9. The number of benzene rings is 7. The molecule has 4 aromatic heterocycles. The van der Waals surface area contributed by atoms with Crippen LogP contribution in [0, 0.1) is 0 Å². The van der Waals surface area contributed by atoms with E-state index in [9.17, 15) is 0 Å². The molecule has 280 valence electrons. The molecule has 5 nitrogen and oxygen atoms in total. The highest BCUT2D eigenvalue weighted by Crippen LogP contribution is 2.44. The maximum atomic E-state index is 6.63. The lowest BCUT2D eigenvalue weighted by Crippen LogP contribution is -2.12. The lowest BCUT2D eigenvalue weighted by molar-refractivity contribution is 0.667. The molecular formula is C54H37N3O2. The summed E-state index contributed by atoms with van der Waals surface area (Å²) in [6.45, 7) is 4.45. The van der Waals surface area contributed by atoms with E-state index in [-0.39, 0.29) is 0 Å². The summed E-state index contributed by atoms with van der Waals surface area (Å²) in [4.78, 5) is 6.76. The van der Waals surface area contributed by atoms with Crippen molar-refractivity contribution in [3.8, 4) is 22.3 Å². The summed E-state index contributed by atoms with van der Waals surface area (Å²) in [7, 11) is 2.12. The van der Waals surface area contributed by atoms with Gasteiger partial charge in [-0.1, -0.05) is 116 Å². The molecule has 0 spiro atoms. The number of furan rings is 2. The average molecular weight is 760 g/mol. The first-order chi connectivity index (χ1) is 29.1. The number of fused-ring (bicyclic) bond motifs is 11. The highest BCUT2D eigenvalue weighted by atomic mass is 16.3. The first-order valence-corrected chi connectivity index (χ1v) is 19.8. The van der Waals surface area contributed by atoms with Gasteiger partial charge >= 0.3 is 0 Å². The minimum atomic E-state index is 0.818. The van der Waals surface area contributed by atoms with Crippen molar-refractivity contribution >= 4 is 82.6 Å². The average Bonchev–Trinajstić information content (AvgIpc) is 3.95. The summed E-state index contributed by atoms with van der Waals surface area (Å²) in [5, 5.41) is 7.03. The zero-order chi connectivity index (χ0) is 39.5. The first-order valence-electron chi connectivity index (χ1n) is 19.8. The molecule has 1 aliphatic rings. The molecule has 7 aromatic carbocycles. The number of aromatic nitrogens is 2. The van der Waals surface area contributed by atoms with E-state index in [0.717, 1.165) is 88.6 Å². The molecule has 59 heavy (non-hydrogen) atoms. The number of rotatable bonds is 3. The second-order valence-electron chi connectivity index (χ2n) is 14.9. The topological polar surface area (TPSA) is 47.3 Å². The molecule has 0 saturated heterocycles. The van der Waals surface area contributed by atoms with Gasteiger partial charge in [-0.2, -0.15) is 0 Å². The molecule has 0 amide bonds. The third kappa shape index (κ3) is 5.82. The lowest BCUT2D eigenvalue weighted by atomic mass is 9.97. The molecule has 0 saturated carbocycles. The van der Waals surface area contributed by atoms with Gasteiger partial charge in [-0.15, -0.1) is 0 Å². The van der Waals surface area contributed by atoms with Gasteiger partial charge in [-0.3, -0.25) is 4.98 Å². The predicted molar refractivity (Wildman–Crippen MR) is 246 cm³/mol. The quantitative estimate of drug-likeness (QED) is 0.180. The largest absolute Gasteiger partial charge is 0.456 e. The van der Waals surface area contributed by atoms with Crippen LogP contribution in [0.15, 0.2) is 210 Å². The Morgan fingerprint density at radius 2 is 1.12 bits per heavy atom. The number of aryl methyl sites for hydroxylation is 1. The van der Waals surface area contributed by atoms with Crippen LogP contribution in [0.2, 0.25) is 0 Å². The minimum absolute atomic E-state index is 0.818. The zero-order valence-corrected chi connectivity index (χ0v) is 32.3. The van der Waals surface area contributed by atoms with Gasteiger partial charge in [-0.25, -0.2) is 0 Å². The van der Waals surface area contributed by atoms with E-state index in [1.165, 1.54) is 21.8 Å². The van der Waals surface area contributed by atoms with E-state index in [2.05, 4.69) is 162 Å². The number of hydrogen-bond acceptors (Lipinski definition) is 4. The molecule has 0 fully saturated rings. The monoisotopic (exact) mass is 759 g/mol. The highest BCUT2D eigenvalue weighted by molar-refractivity contribution is 6.13. The molecule has 12 rings (SSSR count). The van der Waals surface area contributed by atoms with Gasteiger partial charge in [0, 0.05) is 73.9 Å². The highest BCUT2D eigenvalue weighted by Gasteiger charge is 2.22. The van der Waals surface area contributed by atoms with Crippen molar-refractivity contribution in [1.29, 1.82) is 0 Å². The molecule has 1 aliphatic heterocycles. The van der Waals surface area contributed by atoms with Crippen LogP contribution < -0.4 is 4.90 Å². The summed E-state index contributed by atoms with van der Waals surface area (Å²) in [6.07, 6.45) is 11.9. The van der Waals surface area contributed by atoms with E-state index in [0.29, 0.717) is 0 Å². The third-order valence-corrected chi connectivity index (χ3v) is 11.5. The van der Waals surface area contributed by atoms with Crippen LogP contribution in [-0.4, -0.2) is 9.55 Å². The number of nitrogens with zero attached hydrogens (tertiary/aromatic N) is 3. The third-order valence-electron chi connectivity index (χ3n) is 11.5. The van der Waals surface area contributed by atoms with Gasteiger partial charge in [0.25, 0.3) is 0 Å². The van der Waals surface area contributed by atoms with Crippen molar-refractivity contribution < 1.29 is 8.83 Å². The maximum Gasteiger partial charge on any atom is 0.145 e. The fourth-order valence-corrected chi connectivity index (χ4v) is 8.59. The van der Waals surface area contributed by atoms with Gasteiger partial charge in [0.15, 0.2) is 0 Å². The van der Waals surface area contributed by atoms with Crippen LogP contribution in [0.4, 0.5) is 11.4 Å². The Bertz CT molecular complexity index is 3440. The van der Waals surface area contributed by atoms with Crippen molar-refractivity contribution in [2.75, 3.05) is 4.90 Å². The smallest absolute Gasteiger partial charge is 0.145 e. The Kier molecular flexibility index (Phi) is 8.12. The van der Waals surface area contributed by atoms with Gasteiger partial charge in [0.05, 0.1) is 17.6 Å². The second-order valence-corrected chi connectivity index (χ2v) is 14.9. The Balaban J connectivity index is 0.000000238. The van der Waals surface area contributed by atoms with Gasteiger partial charge in [0.1, 0.15) is 22.3 Å². The van der Waals surface area contributed by atoms with Crippen LogP contribution in [0.3, 0.4) is 0 Å². The SMILES string of the molecule is C=C1/C=C\C=C/N(c2cncc(-c3ccccc3)c2)c2ccc3c(oc4ccc(-c5ccc6oc7ccccc7c6c5)cc43)c21.Cn1c2ccccc2c2ccccc21. The molecule has 5 heterocycles. The fourth-order valence-electron chi connectivity index (χ4n) is 8.59. The molecule has 0 N–H and O–H groups in total. The first kappa shape index (κ1) is 34.4. The lowest BCUT2D eigenvalue weighted by Gasteiger charge is -2.25. The Morgan fingerprint density at radius 3 is 1.86 bits per heavy atom. The van der Waals surface area contributed by atoms with Crippen LogP contribution >= 0.6 is 0 Å². The van der Waals surface area contributed by atoms with Crippen molar-refractivity contribution in [3.63, 3.8) is 0 Å². The number of para-hydroxylation sites is 3. The van der Waals surface area contributed by atoms with E-state index >= 15 is 0 Å². The van der Waals surface area contributed by atoms with Gasteiger partial charge in [0.2, 0.25) is 0 Å². The van der Waals surface area contributed by atoms with E-state index in [1.807, 2.05) is 61.0 Å². The second kappa shape index (κ2) is 13.9. The number of allylic oxidation sites excluding steroid dienone is 4.